The minimum Gasteiger partial charge on any atom is -0.355 e. The molecule has 0 spiro atoms. The third-order valence-corrected chi connectivity index (χ3v) is 5.12. The molecule has 5 heteroatoms. The van der Waals surface area contributed by atoms with Gasteiger partial charge in [0.05, 0.1) is 5.02 Å². The van der Waals surface area contributed by atoms with Crippen molar-refractivity contribution in [3.63, 3.8) is 0 Å². The first-order valence-electron chi connectivity index (χ1n) is 6.96. The van der Waals surface area contributed by atoms with Crippen molar-refractivity contribution in [3.05, 3.63) is 22.8 Å². The number of halogens is 1. The maximum atomic E-state index is 6.20. The molecule has 1 aromatic heterocycles. The van der Waals surface area contributed by atoms with Gasteiger partial charge in [0.1, 0.15) is 5.82 Å². The topological polar surface area (TPSA) is 28.2 Å². The highest BCUT2D eigenvalue weighted by Crippen LogP contribution is 2.26. The zero-order valence-electron chi connectivity index (χ0n) is 11.7. The number of hydrogen-bond acceptors (Lipinski definition) is 4. The van der Waals surface area contributed by atoms with Crippen LogP contribution in [0.2, 0.25) is 5.02 Å². The summed E-state index contributed by atoms with van der Waals surface area (Å²) in [6, 6.07) is 2.13. The molecular weight excluding hydrogens is 278 g/mol. The molecule has 0 saturated carbocycles. The summed E-state index contributed by atoms with van der Waals surface area (Å²) in [5, 5.41) is 4.80. The number of hydrogen-bond donors (Lipinski definition) is 1. The van der Waals surface area contributed by atoms with Crippen LogP contribution in [0.4, 0.5) is 5.82 Å². The zero-order valence-corrected chi connectivity index (χ0v) is 13.2. The predicted molar refractivity (Wildman–Crippen MR) is 85.4 cm³/mol. The molecule has 106 valence electrons. The summed E-state index contributed by atoms with van der Waals surface area (Å²) < 4.78 is 0. The van der Waals surface area contributed by atoms with Crippen molar-refractivity contribution < 1.29 is 0 Å². The Morgan fingerprint density at radius 2 is 2.37 bits per heavy atom. The Morgan fingerprint density at radius 1 is 1.53 bits per heavy atom. The Kier molecular flexibility index (Phi) is 5.79. The average molecular weight is 300 g/mol. The third kappa shape index (κ3) is 4.01. The quantitative estimate of drug-likeness (QED) is 0.904. The monoisotopic (exact) mass is 299 g/mol. The van der Waals surface area contributed by atoms with Gasteiger partial charge >= 0.3 is 0 Å². The molecule has 1 N–H and O–H groups in total. The lowest BCUT2D eigenvalue weighted by molar-refractivity contribution is 0.710. The van der Waals surface area contributed by atoms with E-state index >= 15 is 0 Å². The number of nitrogens with one attached hydrogen (secondary N) is 1. The maximum absolute atomic E-state index is 6.20. The average Bonchev–Trinajstić information content (AvgIpc) is 2.46. The molecular formula is C14H22ClN3S. The van der Waals surface area contributed by atoms with Gasteiger partial charge in [0, 0.05) is 36.8 Å². The third-order valence-electron chi connectivity index (χ3n) is 3.40. The van der Waals surface area contributed by atoms with Gasteiger partial charge in [-0.05, 0) is 24.6 Å². The molecule has 3 nitrogen and oxygen atoms in total. The van der Waals surface area contributed by atoms with Crippen molar-refractivity contribution in [3.8, 4) is 0 Å². The molecule has 0 aliphatic carbocycles. The first-order valence-corrected chi connectivity index (χ1v) is 8.39. The van der Waals surface area contributed by atoms with E-state index in [0.717, 1.165) is 47.8 Å². The summed E-state index contributed by atoms with van der Waals surface area (Å²) in [6.07, 6.45) is 3.01. The normalized spacial score (nSPS) is 19.7. The summed E-state index contributed by atoms with van der Waals surface area (Å²) in [5.74, 6) is 2.25. The number of anilines is 1. The van der Waals surface area contributed by atoms with Crippen LogP contribution in [0.25, 0.3) is 0 Å². The van der Waals surface area contributed by atoms with Gasteiger partial charge in [0.25, 0.3) is 0 Å². The fourth-order valence-electron chi connectivity index (χ4n) is 2.21. The summed E-state index contributed by atoms with van der Waals surface area (Å²) in [4.78, 5) is 6.88. The Morgan fingerprint density at radius 3 is 3.11 bits per heavy atom. The molecule has 1 fully saturated rings. The van der Waals surface area contributed by atoms with Crippen molar-refractivity contribution >= 4 is 29.2 Å². The zero-order chi connectivity index (χ0) is 13.7. The van der Waals surface area contributed by atoms with Crippen LogP contribution in [0.5, 0.6) is 0 Å². The summed E-state index contributed by atoms with van der Waals surface area (Å²) in [6.45, 7) is 8.29. The van der Waals surface area contributed by atoms with Crippen LogP contribution in [0.1, 0.15) is 25.8 Å². The fourth-order valence-corrected chi connectivity index (χ4v) is 3.56. The van der Waals surface area contributed by atoms with E-state index in [0.29, 0.717) is 0 Å². The van der Waals surface area contributed by atoms with Crippen LogP contribution in [0.3, 0.4) is 0 Å². The highest BCUT2D eigenvalue weighted by Gasteiger charge is 2.20. The van der Waals surface area contributed by atoms with E-state index in [1.54, 1.807) is 6.20 Å². The summed E-state index contributed by atoms with van der Waals surface area (Å²) in [5.41, 5.74) is 1.14. The second-order valence-electron chi connectivity index (χ2n) is 4.76. The highest BCUT2D eigenvalue weighted by molar-refractivity contribution is 8.00. The molecule has 1 aliphatic rings. The molecule has 1 saturated heterocycles. The number of aromatic nitrogens is 1. The lowest BCUT2D eigenvalue weighted by Crippen LogP contribution is -2.38. The van der Waals surface area contributed by atoms with Crippen molar-refractivity contribution in [2.75, 3.05) is 30.3 Å². The van der Waals surface area contributed by atoms with Gasteiger partial charge in [0.2, 0.25) is 0 Å². The smallest absolute Gasteiger partial charge is 0.128 e. The maximum Gasteiger partial charge on any atom is 0.128 e. The van der Waals surface area contributed by atoms with Crippen LogP contribution in [-0.2, 0) is 6.54 Å². The van der Waals surface area contributed by atoms with Gasteiger partial charge in [-0.25, -0.2) is 4.98 Å². The molecule has 2 heterocycles. The van der Waals surface area contributed by atoms with Gasteiger partial charge in [-0.15, -0.1) is 0 Å². The minimum absolute atomic E-state index is 0.725. The molecule has 0 aromatic carbocycles. The van der Waals surface area contributed by atoms with Gasteiger partial charge in [-0.3, -0.25) is 0 Å². The van der Waals surface area contributed by atoms with Crippen LogP contribution in [0.15, 0.2) is 12.3 Å². The lowest BCUT2D eigenvalue weighted by atomic mass is 10.2. The van der Waals surface area contributed by atoms with E-state index in [2.05, 4.69) is 46.9 Å². The van der Waals surface area contributed by atoms with Crippen molar-refractivity contribution in [1.82, 2.24) is 10.3 Å². The largest absolute Gasteiger partial charge is 0.355 e. The number of pyridine rings is 1. The second kappa shape index (κ2) is 7.36. The molecule has 1 atom stereocenters. The van der Waals surface area contributed by atoms with Gasteiger partial charge < -0.3 is 10.2 Å². The molecule has 1 unspecified atom stereocenters. The standard InChI is InChI=1S/C14H22ClN3S/c1-3-12-10-18(5-6-19-12)14-7-11(8-16-4-2)13(15)9-17-14/h7,9,12,16H,3-6,8,10H2,1-2H3. The van der Waals surface area contributed by atoms with Crippen molar-refractivity contribution in [2.24, 2.45) is 0 Å². The van der Waals surface area contributed by atoms with Crippen LogP contribution in [-0.4, -0.2) is 35.6 Å². The first-order chi connectivity index (χ1) is 9.24. The van der Waals surface area contributed by atoms with Crippen LogP contribution >= 0.6 is 23.4 Å². The molecule has 19 heavy (non-hydrogen) atoms. The first kappa shape index (κ1) is 14.9. The number of nitrogens with zero attached hydrogens (tertiary/aromatic N) is 2. The van der Waals surface area contributed by atoms with Crippen LogP contribution < -0.4 is 10.2 Å². The van der Waals surface area contributed by atoms with E-state index < -0.39 is 0 Å². The van der Waals surface area contributed by atoms with Crippen molar-refractivity contribution in [2.45, 2.75) is 32.1 Å². The molecule has 1 aromatic rings. The lowest BCUT2D eigenvalue weighted by Gasteiger charge is -2.33. The second-order valence-corrected chi connectivity index (χ2v) is 6.58. The number of rotatable bonds is 5. The molecule has 0 amide bonds. The number of thioether (sulfide) groups is 1. The van der Waals surface area contributed by atoms with E-state index in [1.807, 2.05) is 0 Å². The summed E-state index contributed by atoms with van der Waals surface area (Å²) >= 11 is 8.28. The summed E-state index contributed by atoms with van der Waals surface area (Å²) in [7, 11) is 0. The minimum atomic E-state index is 0.725. The van der Waals surface area contributed by atoms with Gasteiger partial charge in [-0.1, -0.05) is 25.4 Å². The Labute approximate surface area is 125 Å². The van der Waals surface area contributed by atoms with E-state index in [9.17, 15) is 0 Å². The Balaban J connectivity index is 2.10. The van der Waals surface area contributed by atoms with E-state index in [1.165, 1.54) is 12.2 Å². The Hall–Kier alpha value is -0.450. The predicted octanol–water partition coefficient (Wildman–Crippen LogP) is 3.18. The van der Waals surface area contributed by atoms with Gasteiger partial charge in [0.15, 0.2) is 0 Å². The van der Waals surface area contributed by atoms with E-state index in [-0.39, 0.29) is 0 Å². The van der Waals surface area contributed by atoms with E-state index in [4.69, 9.17) is 11.6 Å². The molecule has 1 aliphatic heterocycles. The molecule has 0 bridgehead atoms. The fraction of sp³-hybridized carbons (Fsp3) is 0.643. The highest BCUT2D eigenvalue weighted by atomic mass is 35.5. The van der Waals surface area contributed by atoms with Crippen LogP contribution in [0, 0.1) is 0 Å². The SMILES string of the molecule is CCNCc1cc(N2CCSC(CC)C2)ncc1Cl. The molecule has 0 radical (unpaired) electrons. The van der Waals surface area contributed by atoms with Gasteiger partial charge in [-0.2, -0.15) is 11.8 Å². The van der Waals surface area contributed by atoms with Crippen molar-refractivity contribution in [1.29, 1.82) is 0 Å². The Bertz CT molecular complexity index is 414. The molecule has 2 rings (SSSR count).